The van der Waals surface area contributed by atoms with Crippen molar-refractivity contribution < 1.29 is 4.79 Å². The number of nitrogens with one attached hydrogen (secondary N) is 2. The maximum Gasteiger partial charge on any atom is 0.329 e. The third-order valence-electron chi connectivity index (χ3n) is 5.54. The third-order valence-corrected chi connectivity index (χ3v) is 6.99. The van der Waals surface area contributed by atoms with Gasteiger partial charge in [-0.1, -0.05) is 23.7 Å². The van der Waals surface area contributed by atoms with E-state index in [0.717, 1.165) is 27.3 Å². The Morgan fingerprint density at radius 1 is 1.22 bits per heavy atom. The molecule has 1 aromatic carbocycles. The van der Waals surface area contributed by atoms with E-state index in [9.17, 15) is 14.4 Å². The number of hydrogen-bond donors (Lipinski definition) is 2. The quantitative estimate of drug-likeness (QED) is 0.480. The summed E-state index contributed by atoms with van der Waals surface area (Å²) in [5, 5.41) is 11.3. The molecule has 32 heavy (non-hydrogen) atoms. The van der Waals surface area contributed by atoms with Crippen molar-refractivity contribution >= 4 is 39.1 Å². The number of rotatable bonds is 3. The van der Waals surface area contributed by atoms with Gasteiger partial charge in [0.1, 0.15) is 4.70 Å². The largest absolute Gasteiger partial charge is 0.356 e. The van der Waals surface area contributed by atoms with Gasteiger partial charge < -0.3 is 10.3 Å². The molecule has 3 aromatic heterocycles. The lowest BCUT2D eigenvalue weighted by Crippen LogP contribution is -2.43. The van der Waals surface area contributed by atoms with Gasteiger partial charge in [-0.05, 0) is 37.1 Å². The molecule has 0 spiro atoms. The van der Waals surface area contributed by atoms with Crippen molar-refractivity contribution in [2.75, 3.05) is 6.54 Å². The molecule has 0 aliphatic carbocycles. The van der Waals surface area contributed by atoms with Crippen LogP contribution in [0.1, 0.15) is 24.6 Å². The number of aromatic amines is 1. The minimum Gasteiger partial charge on any atom is -0.356 e. The van der Waals surface area contributed by atoms with Crippen molar-refractivity contribution in [2.24, 2.45) is 0 Å². The number of H-pyrrole nitrogens is 1. The molecule has 2 N–H and O–H groups in total. The number of aromatic nitrogens is 4. The molecule has 1 amide bonds. The fraction of sp³-hybridized carbons (Fsp3) is 0.227. The average molecular weight is 468 g/mol. The van der Waals surface area contributed by atoms with Crippen LogP contribution in [0.15, 0.2) is 46.1 Å². The summed E-state index contributed by atoms with van der Waals surface area (Å²) in [6, 6.07) is 8.80. The fourth-order valence-corrected chi connectivity index (χ4v) is 5.55. The van der Waals surface area contributed by atoms with Gasteiger partial charge in [0.15, 0.2) is 0 Å². The zero-order valence-electron chi connectivity index (χ0n) is 17.0. The van der Waals surface area contributed by atoms with E-state index in [0.29, 0.717) is 28.2 Å². The second-order valence-corrected chi connectivity index (χ2v) is 9.16. The van der Waals surface area contributed by atoms with Gasteiger partial charge >= 0.3 is 5.69 Å². The minimum absolute atomic E-state index is 0.107. The first-order chi connectivity index (χ1) is 15.4. The van der Waals surface area contributed by atoms with Crippen LogP contribution in [-0.2, 0) is 4.79 Å². The molecule has 1 unspecified atom stereocenters. The van der Waals surface area contributed by atoms with Crippen molar-refractivity contribution in [3.63, 3.8) is 0 Å². The number of nitrogens with zero attached hydrogens (tertiary/aromatic N) is 3. The van der Waals surface area contributed by atoms with E-state index in [1.165, 1.54) is 15.9 Å². The molecule has 10 heteroatoms. The molecule has 1 aliphatic heterocycles. The van der Waals surface area contributed by atoms with E-state index < -0.39 is 17.3 Å². The van der Waals surface area contributed by atoms with Gasteiger partial charge in [0.05, 0.1) is 23.4 Å². The van der Waals surface area contributed by atoms with Gasteiger partial charge in [0.25, 0.3) is 5.56 Å². The van der Waals surface area contributed by atoms with Crippen molar-refractivity contribution in [3.8, 4) is 21.6 Å². The predicted molar refractivity (Wildman–Crippen MR) is 124 cm³/mol. The summed E-state index contributed by atoms with van der Waals surface area (Å²) in [6.45, 7) is 2.30. The Bertz CT molecular complexity index is 1490. The molecule has 1 atom stereocenters. The van der Waals surface area contributed by atoms with Gasteiger partial charge in [-0.3, -0.25) is 14.2 Å². The maximum absolute atomic E-state index is 13.3. The molecule has 4 aromatic rings. The predicted octanol–water partition coefficient (Wildman–Crippen LogP) is 3.29. The molecule has 1 aliphatic rings. The molecule has 0 radical (unpaired) electrons. The molecule has 8 nitrogen and oxygen atoms in total. The average Bonchev–Trinajstić information content (AvgIpc) is 3.17. The van der Waals surface area contributed by atoms with Crippen LogP contribution in [0.4, 0.5) is 0 Å². The topological polar surface area (TPSA) is 110 Å². The van der Waals surface area contributed by atoms with Crippen LogP contribution in [0.2, 0.25) is 5.02 Å². The number of amides is 1. The summed E-state index contributed by atoms with van der Waals surface area (Å²) in [7, 11) is 0. The number of halogens is 1. The number of carbonyl (C=O) groups is 1. The molecule has 162 valence electrons. The molecule has 0 saturated carbocycles. The third kappa shape index (κ3) is 3.53. The number of carbonyl (C=O) groups excluding carboxylic acids is 1. The maximum atomic E-state index is 13.3. The minimum atomic E-state index is -0.514. The lowest BCUT2D eigenvalue weighted by atomic mass is 9.99. The molecule has 0 bridgehead atoms. The van der Waals surface area contributed by atoms with Crippen LogP contribution in [0.25, 0.3) is 31.8 Å². The summed E-state index contributed by atoms with van der Waals surface area (Å²) in [6.07, 6.45) is 2.30. The highest BCUT2D eigenvalue weighted by molar-refractivity contribution is 7.22. The molecule has 1 saturated heterocycles. The molecular weight excluding hydrogens is 450 g/mol. The Balaban J connectivity index is 1.69. The fourth-order valence-electron chi connectivity index (χ4n) is 4.10. The Labute approximate surface area is 190 Å². The Morgan fingerprint density at radius 3 is 2.84 bits per heavy atom. The Kier molecular flexibility index (Phi) is 5.15. The van der Waals surface area contributed by atoms with E-state index in [4.69, 9.17) is 11.6 Å². The van der Waals surface area contributed by atoms with E-state index in [2.05, 4.69) is 20.5 Å². The van der Waals surface area contributed by atoms with Crippen LogP contribution in [-0.4, -0.2) is 32.2 Å². The first-order valence-corrected chi connectivity index (χ1v) is 11.3. The zero-order chi connectivity index (χ0) is 22.4. The standard InChI is InChI=1S/C22H18ClN5O3S/c1-11-7-12(10-25-27-11)14-3-2-4-15(23)19(14)17-9-16-20(32-17)21(30)28(22(31)26-16)13-5-6-24-18(29)8-13/h2-4,7,9-10,13H,5-6,8H2,1H3,(H,24,29)(H,26,31). The van der Waals surface area contributed by atoms with E-state index in [1.54, 1.807) is 18.3 Å². The lowest BCUT2D eigenvalue weighted by Gasteiger charge is -2.23. The van der Waals surface area contributed by atoms with Crippen LogP contribution in [0, 0.1) is 6.92 Å². The van der Waals surface area contributed by atoms with Crippen molar-refractivity contribution in [1.29, 1.82) is 0 Å². The highest BCUT2D eigenvalue weighted by Crippen LogP contribution is 2.41. The molecule has 5 rings (SSSR count). The highest BCUT2D eigenvalue weighted by atomic mass is 35.5. The number of hydrogen-bond acceptors (Lipinski definition) is 6. The van der Waals surface area contributed by atoms with Crippen LogP contribution in [0.5, 0.6) is 0 Å². The highest BCUT2D eigenvalue weighted by Gasteiger charge is 2.25. The van der Waals surface area contributed by atoms with Crippen LogP contribution < -0.4 is 16.6 Å². The summed E-state index contributed by atoms with van der Waals surface area (Å²) in [5.74, 6) is -0.165. The van der Waals surface area contributed by atoms with E-state index in [-0.39, 0.29) is 12.3 Å². The van der Waals surface area contributed by atoms with Crippen LogP contribution >= 0.6 is 22.9 Å². The van der Waals surface area contributed by atoms with Crippen molar-refractivity contribution in [3.05, 3.63) is 68.1 Å². The first-order valence-electron chi connectivity index (χ1n) is 10.1. The van der Waals surface area contributed by atoms with Crippen LogP contribution in [0.3, 0.4) is 0 Å². The smallest absolute Gasteiger partial charge is 0.329 e. The zero-order valence-corrected chi connectivity index (χ0v) is 18.6. The molecule has 4 heterocycles. The number of fused-ring (bicyclic) bond motifs is 1. The van der Waals surface area contributed by atoms with Crippen molar-refractivity contribution in [1.82, 2.24) is 25.1 Å². The summed E-state index contributed by atoms with van der Waals surface area (Å²) < 4.78 is 1.59. The summed E-state index contributed by atoms with van der Waals surface area (Å²) >= 11 is 7.86. The van der Waals surface area contributed by atoms with Gasteiger partial charge in [-0.15, -0.1) is 11.3 Å². The SMILES string of the molecule is Cc1cc(-c2cccc(Cl)c2-c2cc3[nH]c(=O)n(C4CCNC(=O)C4)c(=O)c3s2)cnn1. The number of aryl methyl sites for hydroxylation is 1. The number of piperidine rings is 1. The molecular formula is C22H18ClN5O3S. The first kappa shape index (κ1) is 20.6. The summed E-state index contributed by atoms with van der Waals surface area (Å²) in [5.41, 5.74) is 2.78. The van der Waals surface area contributed by atoms with Gasteiger partial charge in [-0.2, -0.15) is 10.2 Å². The Morgan fingerprint density at radius 2 is 2.06 bits per heavy atom. The Hall–Kier alpha value is -3.30. The second-order valence-electron chi connectivity index (χ2n) is 7.70. The van der Waals surface area contributed by atoms with Crippen molar-refractivity contribution in [2.45, 2.75) is 25.8 Å². The number of benzene rings is 1. The van der Waals surface area contributed by atoms with Gasteiger partial charge in [0, 0.05) is 34.0 Å². The summed E-state index contributed by atoms with van der Waals surface area (Å²) in [4.78, 5) is 41.3. The normalized spacial score (nSPS) is 16.3. The molecule has 1 fully saturated rings. The monoisotopic (exact) mass is 467 g/mol. The number of thiophene rings is 1. The lowest BCUT2D eigenvalue weighted by molar-refractivity contribution is -0.123. The van der Waals surface area contributed by atoms with Gasteiger partial charge in [0.2, 0.25) is 5.91 Å². The second kappa shape index (κ2) is 7.99. The van der Waals surface area contributed by atoms with E-state index in [1.807, 2.05) is 25.1 Å². The van der Waals surface area contributed by atoms with E-state index >= 15 is 0 Å². The van der Waals surface area contributed by atoms with Gasteiger partial charge in [-0.25, -0.2) is 4.79 Å².